The van der Waals surface area contributed by atoms with Crippen molar-refractivity contribution in [3.05, 3.63) is 0 Å². The van der Waals surface area contributed by atoms with Gasteiger partial charge in [-0.2, -0.15) is 0 Å². The molecule has 0 aliphatic carbocycles. The maximum absolute atomic E-state index is 5.44. The van der Waals surface area contributed by atoms with Crippen LogP contribution in [0.15, 0.2) is 0 Å². The summed E-state index contributed by atoms with van der Waals surface area (Å²) in [6.45, 7) is 12.6. The maximum atomic E-state index is 5.44. The molecule has 0 aromatic rings. The Morgan fingerprint density at radius 2 is 0.667 bits per heavy atom. The third kappa shape index (κ3) is 27.6. The Kier molecular flexibility index (Phi) is 28.3. The lowest BCUT2D eigenvalue weighted by Crippen LogP contribution is -2.17. The minimum Gasteiger partial charge on any atom is -0.379 e. The van der Waals surface area contributed by atoms with E-state index in [1.165, 1.54) is 0 Å². The molecule has 182 valence electrons. The first-order chi connectivity index (χ1) is 14.9. The molecule has 0 rings (SSSR count). The van der Waals surface area contributed by atoms with Gasteiger partial charge in [0.15, 0.2) is 0 Å². The zero-order valence-corrected chi connectivity index (χ0v) is 19.2. The predicted octanol–water partition coefficient (Wildman–Crippen LogP) is 1.14. The number of ether oxygens (including phenoxy) is 8. The summed E-state index contributed by atoms with van der Waals surface area (Å²) in [5.74, 6) is 0. The van der Waals surface area contributed by atoms with Crippen molar-refractivity contribution in [1.29, 1.82) is 0 Å². The van der Waals surface area contributed by atoms with E-state index in [9.17, 15) is 0 Å². The highest BCUT2D eigenvalue weighted by atomic mass is 16.6. The van der Waals surface area contributed by atoms with Crippen LogP contribution in [0.2, 0.25) is 0 Å². The molecule has 0 radical (unpaired) electrons. The van der Waals surface area contributed by atoms with Crippen LogP contribution in [0.1, 0.15) is 19.8 Å². The zero-order chi connectivity index (χ0) is 21.8. The van der Waals surface area contributed by atoms with Gasteiger partial charge in [-0.15, -0.1) is 0 Å². The van der Waals surface area contributed by atoms with Gasteiger partial charge in [-0.05, 0) is 13.5 Å². The fourth-order valence-electron chi connectivity index (χ4n) is 2.06. The van der Waals surface area contributed by atoms with Crippen molar-refractivity contribution in [3.8, 4) is 0 Å². The van der Waals surface area contributed by atoms with Crippen molar-refractivity contribution in [3.63, 3.8) is 0 Å². The molecule has 0 unspecified atom stereocenters. The second kappa shape index (κ2) is 28.6. The summed E-state index contributed by atoms with van der Waals surface area (Å²) < 4.78 is 43.3. The second-order valence-corrected chi connectivity index (χ2v) is 6.36. The Hall–Kier alpha value is -0.360. The molecule has 0 saturated heterocycles. The van der Waals surface area contributed by atoms with Gasteiger partial charge < -0.3 is 43.2 Å². The monoisotopic (exact) mass is 439 g/mol. The molecule has 0 bridgehead atoms. The van der Waals surface area contributed by atoms with Crippen molar-refractivity contribution in [2.75, 3.05) is 119 Å². The van der Waals surface area contributed by atoms with Gasteiger partial charge in [-0.25, -0.2) is 0 Å². The Morgan fingerprint density at radius 1 is 0.400 bits per heavy atom. The normalized spacial score (nSPS) is 11.4. The SMILES string of the molecule is CCCCOCCOCCOCCOCCOCCOCCOCCOCCNC. The number of hydrogen-bond acceptors (Lipinski definition) is 9. The van der Waals surface area contributed by atoms with E-state index in [0.717, 1.165) is 26.0 Å². The third-order valence-electron chi connectivity index (χ3n) is 3.74. The van der Waals surface area contributed by atoms with Crippen molar-refractivity contribution in [1.82, 2.24) is 5.32 Å². The minimum atomic E-state index is 0.547. The van der Waals surface area contributed by atoms with Crippen LogP contribution in [0.3, 0.4) is 0 Å². The molecule has 0 amide bonds. The lowest BCUT2D eigenvalue weighted by atomic mass is 10.4. The summed E-state index contributed by atoms with van der Waals surface area (Å²) in [6, 6.07) is 0. The first-order valence-corrected chi connectivity index (χ1v) is 11.2. The molecule has 0 aliphatic heterocycles. The van der Waals surface area contributed by atoms with Crippen LogP contribution in [0.5, 0.6) is 0 Å². The lowest BCUT2D eigenvalue weighted by Gasteiger charge is -2.08. The first kappa shape index (κ1) is 29.6. The molecule has 0 heterocycles. The fraction of sp³-hybridized carbons (Fsp3) is 1.00. The molecule has 0 fully saturated rings. The van der Waals surface area contributed by atoms with Gasteiger partial charge in [0, 0.05) is 13.2 Å². The van der Waals surface area contributed by atoms with Crippen LogP contribution < -0.4 is 5.32 Å². The van der Waals surface area contributed by atoms with Crippen LogP contribution in [-0.2, 0) is 37.9 Å². The summed E-state index contributed by atoms with van der Waals surface area (Å²) in [7, 11) is 1.90. The van der Waals surface area contributed by atoms with Gasteiger partial charge in [0.25, 0.3) is 0 Å². The Morgan fingerprint density at radius 3 is 0.933 bits per heavy atom. The Bertz CT molecular complexity index is 272. The summed E-state index contributed by atoms with van der Waals surface area (Å²) in [5.41, 5.74) is 0. The number of hydrogen-bond donors (Lipinski definition) is 1. The average Bonchev–Trinajstić information content (AvgIpc) is 2.76. The van der Waals surface area contributed by atoms with Gasteiger partial charge in [-0.3, -0.25) is 0 Å². The second-order valence-electron chi connectivity index (χ2n) is 6.36. The predicted molar refractivity (Wildman–Crippen MR) is 115 cm³/mol. The van der Waals surface area contributed by atoms with Crippen LogP contribution in [-0.4, -0.2) is 119 Å². The molecule has 1 N–H and O–H groups in total. The average molecular weight is 440 g/mol. The molecule has 0 aromatic heterocycles. The van der Waals surface area contributed by atoms with E-state index >= 15 is 0 Å². The lowest BCUT2D eigenvalue weighted by molar-refractivity contribution is -0.0230. The highest BCUT2D eigenvalue weighted by Gasteiger charge is 1.95. The van der Waals surface area contributed by atoms with Crippen LogP contribution in [0.4, 0.5) is 0 Å². The number of nitrogens with one attached hydrogen (secondary N) is 1. The van der Waals surface area contributed by atoms with Gasteiger partial charge in [0.05, 0.1) is 99.1 Å². The van der Waals surface area contributed by atoms with Crippen molar-refractivity contribution in [2.24, 2.45) is 0 Å². The maximum Gasteiger partial charge on any atom is 0.0701 e. The van der Waals surface area contributed by atoms with Crippen molar-refractivity contribution < 1.29 is 37.9 Å². The zero-order valence-electron chi connectivity index (χ0n) is 19.2. The molecule has 0 saturated carbocycles. The molecular weight excluding hydrogens is 394 g/mol. The molecule has 0 aromatic carbocycles. The van der Waals surface area contributed by atoms with E-state index in [1.54, 1.807) is 0 Å². The summed E-state index contributed by atoms with van der Waals surface area (Å²) >= 11 is 0. The smallest absolute Gasteiger partial charge is 0.0701 e. The van der Waals surface area contributed by atoms with Crippen LogP contribution >= 0.6 is 0 Å². The van der Waals surface area contributed by atoms with E-state index in [0.29, 0.717) is 99.1 Å². The quantitative estimate of drug-likeness (QED) is 0.189. The van der Waals surface area contributed by atoms with E-state index in [2.05, 4.69) is 12.2 Å². The van der Waals surface area contributed by atoms with Gasteiger partial charge >= 0.3 is 0 Å². The standard InChI is InChI=1S/C21H45NO8/c1-3-4-6-23-8-10-25-12-14-27-16-18-29-20-21-30-19-17-28-15-13-26-11-9-24-7-5-22-2/h22H,3-21H2,1-2H3. The van der Waals surface area contributed by atoms with Gasteiger partial charge in [0.2, 0.25) is 0 Å². The minimum absolute atomic E-state index is 0.547. The van der Waals surface area contributed by atoms with Crippen molar-refractivity contribution >= 4 is 0 Å². The third-order valence-corrected chi connectivity index (χ3v) is 3.74. The molecule has 0 spiro atoms. The van der Waals surface area contributed by atoms with E-state index < -0.39 is 0 Å². The fourth-order valence-corrected chi connectivity index (χ4v) is 2.06. The first-order valence-electron chi connectivity index (χ1n) is 11.2. The molecule has 30 heavy (non-hydrogen) atoms. The summed E-state index contributed by atoms with van der Waals surface area (Å²) in [4.78, 5) is 0. The summed E-state index contributed by atoms with van der Waals surface area (Å²) in [5, 5.41) is 3.02. The molecular formula is C21H45NO8. The summed E-state index contributed by atoms with van der Waals surface area (Å²) in [6.07, 6.45) is 2.26. The molecule has 0 aliphatic rings. The molecule has 9 heteroatoms. The van der Waals surface area contributed by atoms with Crippen LogP contribution in [0, 0.1) is 0 Å². The Labute approximate surface area is 182 Å². The van der Waals surface area contributed by atoms with E-state index in [-0.39, 0.29) is 0 Å². The van der Waals surface area contributed by atoms with Crippen LogP contribution in [0.25, 0.3) is 0 Å². The number of unbranched alkanes of at least 4 members (excludes halogenated alkanes) is 1. The van der Waals surface area contributed by atoms with Gasteiger partial charge in [0.1, 0.15) is 0 Å². The highest BCUT2D eigenvalue weighted by Crippen LogP contribution is 1.88. The van der Waals surface area contributed by atoms with Crippen molar-refractivity contribution in [2.45, 2.75) is 19.8 Å². The number of rotatable bonds is 27. The molecule has 9 nitrogen and oxygen atoms in total. The topological polar surface area (TPSA) is 85.9 Å². The van der Waals surface area contributed by atoms with E-state index in [1.807, 2.05) is 7.05 Å². The Balaban J connectivity index is 2.97. The largest absolute Gasteiger partial charge is 0.379 e. The van der Waals surface area contributed by atoms with Gasteiger partial charge in [-0.1, -0.05) is 13.3 Å². The number of likely N-dealkylation sites (N-methyl/N-ethyl adjacent to an activating group) is 1. The highest BCUT2D eigenvalue weighted by molar-refractivity contribution is 4.39. The molecule has 0 atom stereocenters. The van der Waals surface area contributed by atoms with E-state index in [4.69, 9.17) is 37.9 Å².